The fraction of sp³-hybridized carbons (Fsp3) is 0.390. The molecule has 0 radical (unpaired) electrons. The number of ether oxygens (including phenoxy) is 1. The minimum atomic E-state index is -0.722. The van der Waals surface area contributed by atoms with E-state index in [2.05, 4.69) is 45.0 Å². The van der Waals surface area contributed by atoms with Crippen LogP contribution in [-0.4, -0.2) is 110 Å². The largest absolute Gasteiger partial charge is 0.457 e. The van der Waals surface area contributed by atoms with E-state index in [1.54, 1.807) is 18.6 Å². The Morgan fingerprint density at radius 3 is 2.23 bits per heavy atom. The quantitative estimate of drug-likeness (QED) is 0.188. The van der Waals surface area contributed by atoms with Crippen molar-refractivity contribution in [2.75, 3.05) is 49.9 Å². The summed E-state index contributed by atoms with van der Waals surface area (Å²) in [4.78, 5) is 57.0. The molecule has 0 spiro atoms. The summed E-state index contributed by atoms with van der Waals surface area (Å²) < 4.78 is 8.13. The van der Waals surface area contributed by atoms with Crippen LogP contribution >= 0.6 is 0 Å². The van der Waals surface area contributed by atoms with Crippen LogP contribution in [0.4, 0.5) is 11.5 Å². The number of rotatable bonds is 9. The number of imide groups is 1. The number of nitrogens with one attached hydrogen (secondary N) is 2. The van der Waals surface area contributed by atoms with E-state index in [4.69, 9.17) is 15.6 Å². The molecular weight excluding hydrogens is 711 g/mol. The zero-order valence-electron chi connectivity index (χ0n) is 30.8. The fourth-order valence-electron chi connectivity index (χ4n) is 9.24. The number of fused-ring (bicyclic) bond motifs is 2. The van der Waals surface area contributed by atoms with Gasteiger partial charge in [-0.1, -0.05) is 18.2 Å². The summed E-state index contributed by atoms with van der Waals surface area (Å²) in [6.07, 6.45) is 5.91. The van der Waals surface area contributed by atoms with Crippen LogP contribution in [0.5, 0.6) is 11.5 Å². The molecule has 3 aromatic heterocycles. The zero-order valence-corrected chi connectivity index (χ0v) is 30.8. The number of hydrogen-bond acceptors (Lipinski definition) is 12. The number of piperidine rings is 1. The maximum atomic E-state index is 12.7. The number of carbonyl (C=O) groups is 3. The Labute approximate surface area is 323 Å². The van der Waals surface area contributed by atoms with Crippen LogP contribution in [0.25, 0.3) is 22.3 Å². The Morgan fingerprint density at radius 1 is 0.804 bits per heavy atom. The lowest BCUT2D eigenvalue weighted by Gasteiger charge is -2.54. The smallest absolute Gasteiger partial charge is 0.270 e. The lowest BCUT2D eigenvalue weighted by molar-refractivity contribution is -0.134. The highest BCUT2D eigenvalue weighted by Gasteiger charge is 2.48. The molecule has 15 heteroatoms. The minimum absolute atomic E-state index is 0.208. The van der Waals surface area contributed by atoms with Crippen LogP contribution in [0.2, 0.25) is 0 Å². The summed E-state index contributed by atoms with van der Waals surface area (Å²) in [6.45, 7) is 6.30. The Morgan fingerprint density at radius 2 is 1.52 bits per heavy atom. The fourth-order valence-corrected chi connectivity index (χ4v) is 9.24. The topological polar surface area (TPSA) is 177 Å². The van der Waals surface area contributed by atoms with E-state index in [9.17, 15) is 14.4 Å². The Bertz CT molecular complexity index is 2270. The molecule has 15 nitrogen and oxygen atoms in total. The molecule has 56 heavy (non-hydrogen) atoms. The molecular formula is C41H43N11O4. The van der Waals surface area contributed by atoms with Crippen LogP contribution in [0.15, 0.2) is 79.3 Å². The number of anilines is 2. The Balaban J connectivity index is 0.713. The molecule has 1 saturated carbocycles. The molecule has 3 unspecified atom stereocenters. The summed E-state index contributed by atoms with van der Waals surface area (Å²) in [5.41, 5.74) is 10.2. The van der Waals surface area contributed by atoms with Gasteiger partial charge in [0, 0.05) is 63.3 Å². The Kier molecular flexibility index (Phi) is 8.62. The van der Waals surface area contributed by atoms with E-state index in [0.29, 0.717) is 36.2 Å². The molecule has 4 saturated heterocycles. The van der Waals surface area contributed by atoms with E-state index in [1.807, 2.05) is 60.7 Å². The molecule has 4 N–H and O–H groups in total. The first-order valence-electron chi connectivity index (χ1n) is 19.5. The second kappa shape index (κ2) is 14.0. The van der Waals surface area contributed by atoms with E-state index >= 15 is 0 Å². The van der Waals surface area contributed by atoms with Crippen molar-refractivity contribution in [3.05, 3.63) is 84.9 Å². The maximum Gasteiger partial charge on any atom is 0.270 e. The summed E-state index contributed by atoms with van der Waals surface area (Å²) in [5.74, 6) is 2.04. The third kappa shape index (κ3) is 6.39. The van der Waals surface area contributed by atoms with Gasteiger partial charge in [-0.05, 0) is 79.6 Å². The highest BCUT2D eigenvalue weighted by molar-refractivity contribution is 6.03. The van der Waals surface area contributed by atoms with Gasteiger partial charge in [-0.3, -0.25) is 29.5 Å². The normalized spacial score (nSPS) is 24.5. The Hall–Kier alpha value is -5.93. The van der Waals surface area contributed by atoms with Gasteiger partial charge < -0.3 is 20.7 Å². The average molecular weight is 754 g/mol. The number of amides is 3. The van der Waals surface area contributed by atoms with Crippen LogP contribution in [0.3, 0.4) is 0 Å². The number of carbonyl (C=O) groups excluding carboxylic acids is 3. The number of para-hydroxylation sites is 1. The van der Waals surface area contributed by atoms with E-state index in [1.165, 1.54) is 0 Å². The first-order chi connectivity index (χ1) is 27.3. The first-order valence-corrected chi connectivity index (χ1v) is 19.5. The lowest BCUT2D eigenvalue weighted by Crippen LogP contribution is -2.69. The van der Waals surface area contributed by atoms with Crippen LogP contribution < -0.4 is 26.0 Å². The van der Waals surface area contributed by atoms with Gasteiger partial charge in [0.25, 0.3) is 5.91 Å². The van der Waals surface area contributed by atoms with Gasteiger partial charge in [0.05, 0.1) is 23.3 Å². The summed E-state index contributed by atoms with van der Waals surface area (Å²) in [5, 5.41) is 10.9. The monoisotopic (exact) mass is 753 g/mol. The number of benzene rings is 2. The second-order valence-corrected chi connectivity index (χ2v) is 15.8. The van der Waals surface area contributed by atoms with E-state index in [-0.39, 0.29) is 24.1 Å². The predicted molar refractivity (Wildman–Crippen MR) is 208 cm³/mol. The minimum Gasteiger partial charge on any atom is -0.457 e. The predicted octanol–water partition coefficient (Wildman–Crippen LogP) is 3.25. The zero-order chi connectivity index (χ0) is 37.9. The van der Waals surface area contributed by atoms with Gasteiger partial charge in [-0.2, -0.15) is 5.10 Å². The van der Waals surface area contributed by atoms with Crippen LogP contribution in [0.1, 0.15) is 42.2 Å². The van der Waals surface area contributed by atoms with E-state index in [0.717, 1.165) is 91.6 Å². The van der Waals surface area contributed by atoms with Crippen molar-refractivity contribution in [1.82, 2.24) is 45.2 Å². The van der Waals surface area contributed by atoms with Crippen LogP contribution in [-0.2, 0) is 9.59 Å². The third-order valence-electron chi connectivity index (χ3n) is 12.4. The molecule has 5 aromatic rings. The van der Waals surface area contributed by atoms with Gasteiger partial charge >= 0.3 is 0 Å². The first kappa shape index (κ1) is 34.6. The molecule has 2 aromatic carbocycles. The highest BCUT2D eigenvalue weighted by atomic mass is 16.5. The molecule has 0 bridgehead atoms. The van der Waals surface area contributed by atoms with Crippen LogP contribution in [0, 0.1) is 11.8 Å². The number of hydrogen-bond donors (Lipinski definition) is 3. The molecule has 286 valence electrons. The molecule has 1 aliphatic carbocycles. The second-order valence-electron chi connectivity index (χ2n) is 15.8. The van der Waals surface area contributed by atoms with Gasteiger partial charge in [-0.25, -0.2) is 19.6 Å². The van der Waals surface area contributed by atoms with E-state index < -0.39 is 17.9 Å². The number of likely N-dealkylation sites (tertiary alicyclic amines) is 2. The number of nitrogen functional groups attached to an aromatic ring is 1. The SMILES string of the molecule is Nc1ncnc2c1c(-c1ccc(Oc3ccccc3)cc1)nn2C1CC2CN(C3CN(C4CN(c5ccc(C(=O)NC6CCC(=O)NC6=O)nc5)C4)C3)CC2C1. The molecule has 4 aliphatic heterocycles. The van der Waals surface area contributed by atoms with Crippen molar-refractivity contribution in [3.63, 3.8) is 0 Å². The summed E-state index contributed by atoms with van der Waals surface area (Å²) in [6, 6.07) is 21.9. The third-order valence-corrected chi connectivity index (χ3v) is 12.4. The van der Waals surface area contributed by atoms with Gasteiger partial charge in [0.2, 0.25) is 11.8 Å². The van der Waals surface area contributed by atoms with Crippen molar-refractivity contribution in [2.24, 2.45) is 11.8 Å². The van der Waals surface area contributed by atoms with Gasteiger partial charge in [0.1, 0.15) is 41.1 Å². The van der Waals surface area contributed by atoms with Gasteiger partial charge in [0.15, 0.2) is 5.65 Å². The molecule has 3 atom stereocenters. The highest BCUT2D eigenvalue weighted by Crippen LogP contribution is 2.46. The van der Waals surface area contributed by atoms with Crippen molar-refractivity contribution >= 4 is 40.3 Å². The molecule has 10 rings (SSSR count). The molecule has 7 heterocycles. The van der Waals surface area contributed by atoms with Crippen molar-refractivity contribution < 1.29 is 19.1 Å². The number of pyridine rings is 1. The molecule has 5 fully saturated rings. The number of nitrogens with two attached hydrogens (primary N) is 1. The number of nitrogens with zero attached hydrogens (tertiary/aromatic N) is 8. The van der Waals surface area contributed by atoms with Crippen molar-refractivity contribution in [3.8, 4) is 22.8 Å². The average Bonchev–Trinajstić information content (AvgIpc) is 3.87. The van der Waals surface area contributed by atoms with Gasteiger partial charge in [-0.15, -0.1) is 0 Å². The number of aromatic nitrogens is 5. The maximum absolute atomic E-state index is 12.7. The van der Waals surface area contributed by atoms with Crippen molar-refractivity contribution in [2.45, 2.75) is 49.9 Å². The summed E-state index contributed by atoms with van der Waals surface area (Å²) in [7, 11) is 0. The molecule has 3 amide bonds. The lowest BCUT2D eigenvalue weighted by atomic mass is 9.98. The van der Waals surface area contributed by atoms with Crippen molar-refractivity contribution in [1.29, 1.82) is 0 Å². The standard InChI is InChI=1S/C41H43N11O4/c42-38-36-37(24-6-9-32(10-7-24)56-31-4-2-1-3-5-31)48-52(39(36)45-23-44-38)28-14-25-17-49(18-26(25)15-28)29-21-51(22-29)30-19-50(20-30)27-8-11-33(43-16-27)40(54)46-34-12-13-35(53)47-41(34)55/h1-11,16,23,25-26,28-30,34H,12-15,17-22H2,(H,46,54)(H2,42,44,45)(H,47,53,55). The molecule has 5 aliphatic rings. The summed E-state index contributed by atoms with van der Waals surface area (Å²) >= 11 is 0.